The van der Waals surface area contributed by atoms with Crippen LogP contribution in [0, 0.1) is 5.82 Å². The van der Waals surface area contributed by atoms with Crippen molar-refractivity contribution in [1.82, 2.24) is 5.32 Å². The molecule has 3 nitrogen and oxygen atoms in total. The quantitative estimate of drug-likeness (QED) is 0.926. The maximum absolute atomic E-state index is 12.9. The number of thioether (sulfide) groups is 1. The highest BCUT2D eigenvalue weighted by Gasteiger charge is 2.21. The highest BCUT2D eigenvalue weighted by molar-refractivity contribution is 7.99. The fourth-order valence-electron chi connectivity index (χ4n) is 1.98. The van der Waals surface area contributed by atoms with E-state index >= 15 is 0 Å². The van der Waals surface area contributed by atoms with E-state index in [2.05, 4.69) is 5.32 Å². The summed E-state index contributed by atoms with van der Waals surface area (Å²) >= 11 is 7.78. The molecule has 1 saturated heterocycles. The lowest BCUT2D eigenvalue weighted by atomic mass is 10.1. The van der Waals surface area contributed by atoms with Crippen molar-refractivity contribution in [3.05, 3.63) is 29.0 Å². The van der Waals surface area contributed by atoms with Gasteiger partial charge in [-0.1, -0.05) is 11.6 Å². The summed E-state index contributed by atoms with van der Waals surface area (Å²) in [5.74, 6) is 1.87. The Labute approximate surface area is 127 Å². The van der Waals surface area contributed by atoms with E-state index in [4.69, 9.17) is 16.3 Å². The smallest absolute Gasteiger partial charge is 0.260 e. The van der Waals surface area contributed by atoms with Crippen molar-refractivity contribution in [1.29, 1.82) is 0 Å². The van der Waals surface area contributed by atoms with E-state index < -0.39 is 11.9 Å². The molecule has 1 aliphatic heterocycles. The van der Waals surface area contributed by atoms with Crippen molar-refractivity contribution in [3.8, 4) is 5.75 Å². The molecule has 1 aromatic rings. The molecular formula is C14H17ClFNO2S. The first-order valence-corrected chi connectivity index (χ1v) is 8.09. The van der Waals surface area contributed by atoms with Crippen LogP contribution in [0.5, 0.6) is 5.75 Å². The fraction of sp³-hybridized carbons (Fsp3) is 0.500. The Morgan fingerprint density at radius 3 is 2.85 bits per heavy atom. The van der Waals surface area contributed by atoms with Crippen LogP contribution in [0.25, 0.3) is 0 Å². The molecule has 1 aromatic carbocycles. The zero-order valence-corrected chi connectivity index (χ0v) is 12.8. The van der Waals surface area contributed by atoms with E-state index in [1.807, 2.05) is 11.8 Å². The lowest BCUT2D eigenvalue weighted by Crippen LogP contribution is -2.43. The number of carbonyl (C=O) groups excluding carboxylic acids is 1. The highest BCUT2D eigenvalue weighted by Crippen LogP contribution is 2.26. The number of benzene rings is 1. The zero-order valence-electron chi connectivity index (χ0n) is 11.2. The summed E-state index contributed by atoms with van der Waals surface area (Å²) in [5, 5.41) is 3.14. The summed E-state index contributed by atoms with van der Waals surface area (Å²) in [5.41, 5.74) is 0. The average Bonchev–Trinajstić information content (AvgIpc) is 2.43. The maximum Gasteiger partial charge on any atom is 0.260 e. The van der Waals surface area contributed by atoms with Crippen LogP contribution in [0.3, 0.4) is 0 Å². The molecule has 0 bridgehead atoms. The number of ether oxygens (including phenoxy) is 1. The molecule has 1 atom stereocenters. The number of hydrogen-bond donors (Lipinski definition) is 1. The first-order valence-electron chi connectivity index (χ1n) is 6.56. The molecule has 1 fully saturated rings. The maximum atomic E-state index is 12.9. The molecule has 0 radical (unpaired) electrons. The van der Waals surface area contributed by atoms with Crippen LogP contribution < -0.4 is 10.1 Å². The second kappa shape index (κ2) is 7.18. The van der Waals surface area contributed by atoms with E-state index in [0.717, 1.165) is 24.3 Å². The SMILES string of the molecule is C[C@@H](Oc1ccc(F)cc1Cl)C(=O)NC1CCSCC1. The third kappa shape index (κ3) is 4.28. The molecule has 1 amide bonds. The second-order valence-corrected chi connectivity index (χ2v) is 6.36. The van der Waals surface area contributed by atoms with Crippen LogP contribution in [0.1, 0.15) is 19.8 Å². The van der Waals surface area contributed by atoms with Crippen LogP contribution in [0.2, 0.25) is 5.02 Å². The second-order valence-electron chi connectivity index (χ2n) is 4.73. The van der Waals surface area contributed by atoms with Crippen molar-refractivity contribution in [2.24, 2.45) is 0 Å². The Morgan fingerprint density at radius 1 is 1.50 bits per heavy atom. The largest absolute Gasteiger partial charge is 0.479 e. The molecule has 0 aromatic heterocycles. The normalized spacial score (nSPS) is 17.6. The van der Waals surface area contributed by atoms with E-state index in [1.165, 1.54) is 18.2 Å². The van der Waals surface area contributed by atoms with Gasteiger partial charge in [-0.25, -0.2) is 4.39 Å². The van der Waals surface area contributed by atoms with Crippen LogP contribution in [-0.4, -0.2) is 29.6 Å². The van der Waals surface area contributed by atoms with E-state index in [-0.39, 0.29) is 17.0 Å². The predicted octanol–water partition coefficient (Wildman–Crippen LogP) is 3.26. The van der Waals surface area contributed by atoms with Crippen molar-refractivity contribution in [2.45, 2.75) is 31.9 Å². The molecule has 1 heterocycles. The molecule has 20 heavy (non-hydrogen) atoms. The molecular weight excluding hydrogens is 301 g/mol. The zero-order chi connectivity index (χ0) is 14.5. The van der Waals surface area contributed by atoms with Gasteiger partial charge < -0.3 is 10.1 Å². The van der Waals surface area contributed by atoms with Gasteiger partial charge in [-0.2, -0.15) is 11.8 Å². The molecule has 0 saturated carbocycles. The average molecular weight is 318 g/mol. The van der Waals surface area contributed by atoms with Gasteiger partial charge in [0, 0.05) is 6.04 Å². The third-order valence-electron chi connectivity index (χ3n) is 3.13. The Kier molecular flexibility index (Phi) is 5.54. The topological polar surface area (TPSA) is 38.3 Å². The van der Waals surface area contributed by atoms with Gasteiger partial charge in [0.2, 0.25) is 0 Å². The summed E-state index contributed by atoms with van der Waals surface area (Å²) in [6, 6.07) is 4.07. The number of carbonyl (C=O) groups is 1. The van der Waals surface area contributed by atoms with Gasteiger partial charge in [-0.3, -0.25) is 4.79 Å². The standard InChI is InChI=1S/C14H17ClFNO2S/c1-9(14(18)17-11-4-6-20-7-5-11)19-13-3-2-10(16)8-12(13)15/h2-3,8-9,11H,4-7H2,1H3,(H,17,18)/t9-/m1/s1. The van der Waals surface area contributed by atoms with Gasteiger partial charge in [0.15, 0.2) is 6.10 Å². The Balaban J connectivity index is 1.89. The first kappa shape index (κ1) is 15.4. The van der Waals surface area contributed by atoms with Crippen LogP contribution in [0.4, 0.5) is 4.39 Å². The molecule has 6 heteroatoms. The molecule has 2 rings (SSSR count). The number of nitrogens with one attached hydrogen (secondary N) is 1. The van der Waals surface area contributed by atoms with Gasteiger partial charge in [0.1, 0.15) is 11.6 Å². The van der Waals surface area contributed by atoms with Gasteiger partial charge in [0.05, 0.1) is 5.02 Å². The molecule has 0 aliphatic carbocycles. The molecule has 110 valence electrons. The van der Waals surface area contributed by atoms with E-state index in [1.54, 1.807) is 6.92 Å². The minimum absolute atomic E-state index is 0.165. The van der Waals surface area contributed by atoms with Crippen molar-refractivity contribution in [3.63, 3.8) is 0 Å². The summed E-state index contributed by atoms with van der Waals surface area (Å²) in [6.07, 6.45) is 1.31. The van der Waals surface area contributed by atoms with Crippen molar-refractivity contribution >= 4 is 29.3 Å². The monoisotopic (exact) mass is 317 g/mol. The summed E-state index contributed by atoms with van der Waals surface area (Å²) in [4.78, 5) is 12.0. The lowest BCUT2D eigenvalue weighted by Gasteiger charge is -2.24. The van der Waals surface area contributed by atoms with Crippen molar-refractivity contribution < 1.29 is 13.9 Å². The number of amides is 1. The van der Waals surface area contributed by atoms with Gasteiger partial charge >= 0.3 is 0 Å². The number of rotatable bonds is 4. The number of hydrogen-bond acceptors (Lipinski definition) is 3. The Bertz CT molecular complexity index is 480. The fourth-order valence-corrected chi connectivity index (χ4v) is 3.29. The molecule has 0 unspecified atom stereocenters. The van der Waals surface area contributed by atoms with Crippen LogP contribution in [-0.2, 0) is 4.79 Å². The summed E-state index contributed by atoms with van der Waals surface area (Å²) in [6.45, 7) is 1.66. The Morgan fingerprint density at radius 2 is 2.20 bits per heavy atom. The molecule has 1 aliphatic rings. The lowest BCUT2D eigenvalue weighted by molar-refractivity contribution is -0.128. The number of halogens is 2. The summed E-state index contributed by atoms with van der Waals surface area (Å²) in [7, 11) is 0. The summed E-state index contributed by atoms with van der Waals surface area (Å²) < 4.78 is 18.4. The van der Waals surface area contributed by atoms with Crippen LogP contribution >= 0.6 is 23.4 Å². The minimum Gasteiger partial charge on any atom is -0.479 e. The van der Waals surface area contributed by atoms with Gasteiger partial charge in [-0.05, 0) is 49.5 Å². The molecule has 1 N–H and O–H groups in total. The molecule has 0 spiro atoms. The van der Waals surface area contributed by atoms with E-state index in [0.29, 0.717) is 5.75 Å². The van der Waals surface area contributed by atoms with E-state index in [9.17, 15) is 9.18 Å². The van der Waals surface area contributed by atoms with Crippen LogP contribution in [0.15, 0.2) is 18.2 Å². The van der Waals surface area contributed by atoms with Gasteiger partial charge in [0.25, 0.3) is 5.91 Å². The Hall–Kier alpha value is -0.940. The van der Waals surface area contributed by atoms with Gasteiger partial charge in [-0.15, -0.1) is 0 Å². The van der Waals surface area contributed by atoms with Crippen molar-refractivity contribution in [2.75, 3.05) is 11.5 Å². The predicted molar refractivity (Wildman–Crippen MR) is 80.0 cm³/mol. The third-order valence-corrected chi connectivity index (χ3v) is 4.48. The first-order chi connectivity index (χ1) is 9.56. The highest BCUT2D eigenvalue weighted by atomic mass is 35.5. The minimum atomic E-state index is -0.660.